The molecule has 1 heterocycles. The first kappa shape index (κ1) is 16.2. The Balaban J connectivity index is 1.80. The molecule has 2 rings (SSSR count). The van der Waals surface area contributed by atoms with Crippen molar-refractivity contribution in [1.29, 1.82) is 0 Å². The summed E-state index contributed by atoms with van der Waals surface area (Å²) in [4.78, 5) is 23.4. The van der Waals surface area contributed by atoms with Gasteiger partial charge >= 0.3 is 131 Å². The van der Waals surface area contributed by atoms with Crippen LogP contribution < -0.4 is 4.46 Å². The molecule has 1 aromatic carbocycles. The fourth-order valence-corrected chi connectivity index (χ4v) is 4.26. The summed E-state index contributed by atoms with van der Waals surface area (Å²) < 4.78 is 11.6. The summed E-state index contributed by atoms with van der Waals surface area (Å²) in [6.07, 6.45) is 1.70. The Hall–Kier alpha value is -1.16. The van der Waals surface area contributed by atoms with E-state index in [-0.39, 0.29) is 26.8 Å². The van der Waals surface area contributed by atoms with Crippen LogP contribution in [0, 0.1) is 11.8 Å². The fraction of sp³-hybridized carbons (Fsp3) is 0.500. The second-order valence-electron chi connectivity index (χ2n) is 5.16. The van der Waals surface area contributed by atoms with Crippen LogP contribution in [-0.4, -0.2) is 45.9 Å². The molecule has 2 atom stereocenters. The molecule has 0 N–H and O–H groups in total. The number of hydrogen-bond acceptors (Lipinski definition) is 4. The van der Waals surface area contributed by atoms with Crippen LogP contribution >= 0.6 is 0 Å². The van der Waals surface area contributed by atoms with Crippen molar-refractivity contribution < 1.29 is 19.1 Å². The van der Waals surface area contributed by atoms with E-state index in [1.165, 1.54) is 7.11 Å². The quantitative estimate of drug-likeness (QED) is 0.544. The Bertz CT molecular complexity index is 474. The summed E-state index contributed by atoms with van der Waals surface area (Å²) in [6.45, 7) is 1.27. The molecule has 0 unspecified atom stereocenters. The van der Waals surface area contributed by atoms with Gasteiger partial charge in [-0.1, -0.05) is 0 Å². The molecule has 0 bridgehead atoms. The van der Waals surface area contributed by atoms with Crippen molar-refractivity contribution in [2.24, 2.45) is 11.8 Å². The van der Waals surface area contributed by atoms with Gasteiger partial charge < -0.3 is 0 Å². The second-order valence-corrected chi connectivity index (χ2v) is 7.54. The van der Waals surface area contributed by atoms with Crippen molar-refractivity contribution in [3.63, 3.8) is 0 Å². The van der Waals surface area contributed by atoms with Crippen LogP contribution in [-0.2, 0) is 19.1 Å². The van der Waals surface area contributed by atoms with Crippen molar-refractivity contribution in [1.82, 2.24) is 0 Å². The Morgan fingerprint density at radius 3 is 2.67 bits per heavy atom. The number of rotatable bonds is 7. The minimum atomic E-state index is -0.194. The van der Waals surface area contributed by atoms with E-state index in [1.54, 1.807) is 0 Å². The number of methoxy groups -OCH3 is 1. The van der Waals surface area contributed by atoms with Crippen LogP contribution in [0.5, 0.6) is 0 Å². The number of carbonyl (C=O) groups is 2. The SMILES string of the molecule is COC(=O)CC[C@@H]1COC[C@H]1CC(=O)[Se]c1ccccc1. The molecule has 1 saturated heterocycles. The van der Waals surface area contributed by atoms with Gasteiger partial charge in [0.15, 0.2) is 0 Å². The number of ether oxygens (including phenoxy) is 2. The predicted molar refractivity (Wildman–Crippen MR) is 80.5 cm³/mol. The molecule has 0 amide bonds. The van der Waals surface area contributed by atoms with Gasteiger partial charge in [0.05, 0.1) is 0 Å². The molecule has 0 saturated carbocycles. The zero-order valence-corrected chi connectivity index (χ0v) is 13.8. The van der Waals surface area contributed by atoms with E-state index in [0.29, 0.717) is 36.7 Å². The minimum absolute atomic E-state index is 0.128. The second kappa shape index (κ2) is 8.32. The van der Waals surface area contributed by atoms with E-state index >= 15 is 0 Å². The average Bonchev–Trinajstić information content (AvgIpc) is 2.92. The fourth-order valence-electron chi connectivity index (χ4n) is 2.47. The number of benzene rings is 1. The zero-order valence-electron chi connectivity index (χ0n) is 12.1. The van der Waals surface area contributed by atoms with Gasteiger partial charge in [0.1, 0.15) is 0 Å². The maximum atomic E-state index is 12.2. The molecule has 1 aromatic rings. The van der Waals surface area contributed by atoms with Crippen LogP contribution in [0.1, 0.15) is 19.3 Å². The van der Waals surface area contributed by atoms with E-state index in [9.17, 15) is 9.59 Å². The van der Waals surface area contributed by atoms with Crippen molar-refractivity contribution >= 4 is 30.1 Å². The van der Waals surface area contributed by atoms with Gasteiger partial charge in [-0.15, -0.1) is 0 Å². The van der Waals surface area contributed by atoms with Crippen LogP contribution in [0.2, 0.25) is 0 Å². The molecule has 0 aromatic heterocycles. The first-order chi connectivity index (χ1) is 10.2. The van der Waals surface area contributed by atoms with Crippen molar-refractivity contribution in [3.05, 3.63) is 30.3 Å². The van der Waals surface area contributed by atoms with Crippen molar-refractivity contribution in [2.75, 3.05) is 20.3 Å². The summed E-state index contributed by atoms with van der Waals surface area (Å²) in [6, 6.07) is 9.87. The molecule has 0 spiro atoms. The number of carbonyl (C=O) groups excluding carboxylic acids is 2. The van der Waals surface area contributed by atoms with Crippen LogP contribution in [0.4, 0.5) is 0 Å². The third-order valence-electron chi connectivity index (χ3n) is 3.68. The molecule has 0 aliphatic carbocycles. The molecule has 1 aliphatic rings. The standard InChI is InChI=1S/C16H20O4Se/c1-19-15(17)8-7-12-10-20-11-13(12)9-16(18)21-14-5-3-2-4-6-14/h2-6,12-13H,7-11H2,1H3/t12-,13-/m1/s1. The van der Waals surface area contributed by atoms with Gasteiger partial charge in [0.2, 0.25) is 0 Å². The maximum absolute atomic E-state index is 12.2. The molecule has 21 heavy (non-hydrogen) atoms. The normalized spacial score (nSPS) is 21.2. The Morgan fingerprint density at radius 1 is 1.24 bits per heavy atom. The Morgan fingerprint density at radius 2 is 1.95 bits per heavy atom. The van der Waals surface area contributed by atoms with Crippen molar-refractivity contribution in [3.8, 4) is 0 Å². The molecule has 0 radical (unpaired) electrons. The van der Waals surface area contributed by atoms with Crippen LogP contribution in [0.15, 0.2) is 30.3 Å². The third-order valence-corrected chi connectivity index (χ3v) is 5.57. The molecule has 1 aliphatic heterocycles. The van der Waals surface area contributed by atoms with Crippen LogP contribution in [0.3, 0.4) is 0 Å². The van der Waals surface area contributed by atoms with Gasteiger partial charge in [0.25, 0.3) is 0 Å². The van der Waals surface area contributed by atoms with Gasteiger partial charge in [-0.25, -0.2) is 0 Å². The molecule has 5 heteroatoms. The van der Waals surface area contributed by atoms with Gasteiger partial charge in [0, 0.05) is 0 Å². The summed E-state index contributed by atoms with van der Waals surface area (Å²) >= 11 is -0.128. The summed E-state index contributed by atoms with van der Waals surface area (Å²) in [5, 5.41) is 0. The van der Waals surface area contributed by atoms with Gasteiger partial charge in [-0.2, -0.15) is 0 Å². The summed E-state index contributed by atoms with van der Waals surface area (Å²) in [5.74, 6) is 0.341. The first-order valence-electron chi connectivity index (χ1n) is 7.09. The Kier molecular flexibility index (Phi) is 6.43. The first-order valence-corrected chi connectivity index (χ1v) is 8.80. The molecular weight excluding hydrogens is 335 g/mol. The average molecular weight is 355 g/mol. The molecule has 114 valence electrons. The van der Waals surface area contributed by atoms with E-state index in [4.69, 9.17) is 4.74 Å². The van der Waals surface area contributed by atoms with Crippen molar-refractivity contribution in [2.45, 2.75) is 19.3 Å². The monoisotopic (exact) mass is 356 g/mol. The molecular formula is C16H20O4Se. The Labute approximate surface area is 131 Å². The predicted octanol–water partition coefficient (Wildman–Crippen LogP) is 1.15. The summed E-state index contributed by atoms with van der Waals surface area (Å²) in [5.41, 5.74) is 0. The van der Waals surface area contributed by atoms with Crippen LogP contribution in [0.25, 0.3) is 0 Å². The third kappa shape index (κ3) is 5.27. The van der Waals surface area contributed by atoms with Gasteiger partial charge in [-0.05, 0) is 0 Å². The van der Waals surface area contributed by atoms with E-state index in [2.05, 4.69) is 4.74 Å². The topological polar surface area (TPSA) is 52.6 Å². The summed E-state index contributed by atoms with van der Waals surface area (Å²) in [7, 11) is 1.40. The van der Waals surface area contributed by atoms with E-state index in [0.717, 1.165) is 10.9 Å². The van der Waals surface area contributed by atoms with E-state index in [1.807, 2.05) is 30.3 Å². The number of esters is 1. The van der Waals surface area contributed by atoms with Gasteiger partial charge in [-0.3, -0.25) is 0 Å². The molecule has 4 nitrogen and oxygen atoms in total. The van der Waals surface area contributed by atoms with E-state index < -0.39 is 0 Å². The number of hydrogen-bond donors (Lipinski definition) is 0. The molecule has 1 fully saturated rings. The zero-order chi connectivity index (χ0) is 15.1.